The summed E-state index contributed by atoms with van der Waals surface area (Å²) in [4.78, 5) is 22.2. The van der Waals surface area contributed by atoms with E-state index in [1.165, 1.54) is 33.0 Å². The molecule has 0 heterocycles. The Hall–Kier alpha value is -2.49. The molecule has 19 heavy (non-hydrogen) atoms. The van der Waals surface area contributed by atoms with Crippen molar-refractivity contribution in [2.45, 2.75) is 19.4 Å². The van der Waals surface area contributed by atoms with Gasteiger partial charge < -0.3 is 5.32 Å². The van der Waals surface area contributed by atoms with Crippen LogP contribution < -0.4 is 10.3 Å². The van der Waals surface area contributed by atoms with E-state index >= 15 is 0 Å². The average molecular weight is 264 g/mol. The van der Waals surface area contributed by atoms with Gasteiger partial charge in [-0.1, -0.05) is 0 Å². The third kappa shape index (κ3) is 2.85. The average Bonchev–Trinajstić information content (AvgIpc) is 2.38. The maximum absolute atomic E-state index is 13.8. The number of nitriles is 1. The zero-order valence-corrected chi connectivity index (χ0v) is 10.8. The number of nitrogens with one attached hydrogen (secondary N) is 1. The fourth-order valence-electron chi connectivity index (χ4n) is 1.47. The second kappa shape index (κ2) is 5.44. The summed E-state index contributed by atoms with van der Waals surface area (Å²) in [6, 6.07) is 5.47. The van der Waals surface area contributed by atoms with Crippen molar-refractivity contribution < 1.29 is 9.18 Å². The highest BCUT2D eigenvalue weighted by molar-refractivity contribution is 5.94. The van der Waals surface area contributed by atoms with E-state index in [4.69, 9.17) is 5.26 Å². The van der Waals surface area contributed by atoms with Crippen LogP contribution in [0.2, 0.25) is 0 Å². The highest BCUT2D eigenvalue weighted by atomic mass is 19.1. The van der Waals surface area contributed by atoms with Crippen LogP contribution in [-0.4, -0.2) is 18.5 Å². The first-order valence-electron chi connectivity index (χ1n) is 5.43. The number of hydrogen-bond donors (Lipinski definition) is 1. The Labute approximate surface area is 109 Å². The summed E-state index contributed by atoms with van der Waals surface area (Å²) in [6.45, 7) is 2.94. The largest absolute Gasteiger partial charge is 0.355 e. The Balaban J connectivity index is 3.24. The van der Waals surface area contributed by atoms with E-state index < -0.39 is 17.3 Å². The molecule has 7 heteroatoms. The number of anilines is 1. The molecule has 0 aromatic heterocycles. The standard InChI is InChI=1S/C12H13FN4O2/c1-12(2,7-14)17(16-19)8-4-5-9(10(13)6-8)11(18)15-3/h4-6H,1-3H3,(H,15,18). The highest BCUT2D eigenvalue weighted by Crippen LogP contribution is 2.26. The van der Waals surface area contributed by atoms with Crippen LogP contribution in [0.1, 0.15) is 24.2 Å². The van der Waals surface area contributed by atoms with Gasteiger partial charge in [0.15, 0.2) is 0 Å². The van der Waals surface area contributed by atoms with Gasteiger partial charge >= 0.3 is 0 Å². The van der Waals surface area contributed by atoms with Gasteiger partial charge in [-0.25, -0.2) is 9.40 Å². The van der Waals surface area contributed by atoms with Crippen LogP contribution in [0.15, 0.2) is 23.5 Å². The molecule has 1 amide bonds. The number of carbonyl (C=O) groups is 1. The Bertz CT molecular complexity index is 551. The zero-order chi connectivity index (χ0) is 14.6. The van der Waals surface area contributed by atoms with E-state index in [1.807, 2.05) is 6.07 Å². The van der Waals surface area contributed by atoms with Crippen molar-refractivity contribution in [2.24, 2.45) is 5.29 Å². The van der Waals surface area contributed by atoms with Gasteiger partial charge in [-0.05, 0) is 26.0 Å². The summed E-state index contributed by atoms with van der Waals surface area (Å²) in [5.74, 6) is -1.37. The number of amides is 1. The second-order valence-corrected chi connectivity index (χ2v) is 4.31. The van der Waals surface area contributed by atoms with Crippen LogP contribution in [0, 0.1) is 22.1 Å². The summed E-state index contributed by atoms with van der Waals surface area (Å²) in [5.41, 5.74) is -1.26. The van der Waals surface area contributed by atoms with Crippen molar-refractivity contribution in [3.05, 3.63) is 34.5 Å². The van der Waals surface area contributed by atoms with Gasteiger partial charge in [-0.3, -0.25) is 4.79 Å². The summed E-state index contributed by atoms with van der Waals surface area (Å²) in [5, 5.41) is 14.8. The van der Waals surface area contributed by atoms with E-state index in [-0.39, 0.29) is 11.3 Å². The Morgan fingerprint density at radius 1 is 1.53 bits per heavy atom. The fraction of sp³-hybridized carbons (Fsp3) is 0.333. The minimum Gasteiger partial charge on any atom is -0.355 e. The lowest BCUT2D eigenvalue weighted by molar-refractivity contribution is 0.0959. The molecule has 0 radical (unpaired) electrons. The third-order valence-corrected chi connectivity index (χ3v) is 2.55. The number of benzene rings is 1. The number of nitroso groups, excluding NO2 is 1. The molecule has 0 aliphatic heterocycles. The quantitative estimate of drug-likeness (QED) is 0.665. The maximum Gasteiger partial charge on any atom is 0.253 e. The molecule has 1 aromatic rings. The third-order valence-electron chi connectivity index (χ3n) is 2.55. The molecule has 0 atom stereocenters. The van der Waals surface area contributed by atoms with Crippen LogP contribution >= 0.6 is 0 Å². The van der Waals surface area contributed by atoms with E-state index in [0.29, 0.717) is 0 Å². The summed E-state index contributed by atoms with van der Waals surface area (Å²) in [7, 11) is 1.38. The Morgan fingerprint density at radius 2 is 2.16 bits per heavy atom. The van der Waals surface area contributed by atoms with Gasteiger partial charge in [0.05, 0.1) is 22.6 Å². The van der Waals surface area contributed by atoms with Crippen LogP contribution in [-0.2, 0) is 0 Å². The van der Waals surface area contributed by atoms with Crippen molar-refractivity contribution >= 4 is 11.6 Å². The molecule has 0 unspecified atom stereocenters. The van der Waals surface area contributed by atoms with Crippen LogP contribution in [0.3, 0.4) is 0 Å². The predicted molar refractivity (Wildman–Crippen MR) is 67.8 cm³/mol. The first-order valence-corrected chi connectivity index (χ1v) is 5.43. The molecule has 100 valence electrons. The first kappa shape index (κ1) is 14.6. The van der Waals surface area contributed by atoms with Crippen molar-refractivity contribution in [3.63, 3.8) is 0 Å². The molecule has 0 aliphatic rings. The molecule has 0 saturated carbocycles. The normalized spacial score (nSPS) is 10.5. The molecule has 1 rings (SSSR count). The summed E-state index contributed by atoms with van der Waals surface area (Å²) >= 11 is 0. The lowest BCUT2D eigenvalue weighted by atomic mass is 10.1. The molecule has 0 aliphatic carbocycles. The predicted octanol–water partition coefficient (Wildman–Crippen LogP) is 1.98. The minimum atomic E-state index is -1.22. The van der Waals surface area contributed by atoms with Gasteiger partial charge in [0.25, 0.3) is 5.91 Å². The van der Waals surface area contributed by atoms with Gasteiger partial charge in [0.2, 0.25) is 0 Å². The number of halogens is 1. The molecule has 0 saturated heterocycles. The lowest BCUT2D eigenvalue weighted by Crippen LogP contribution is -2.38. The lowest BCUT2D eigenvalue weighted by Gasteiger charge is -2.26. The van der Waals surface area contributed by atoms with E-state index in [9.17, 15) is 14.1 Å². The highest BCUT2D eigenvalue weighted by Gasteiger charge is 2.29. The topological polar surface area (TPSA) is 85.6 Å². The number of hydrogen-bond acceptors (Lipinski definition) is 4. The SMILES string of the molecule is CNC(=O)c1ccc(N(N=O)C(C)(C)C#N)cc1F. The van der Waals surface area contributed by atoms with Crippen molar-refractivity contribution in [1.29, 1.82) is 5.26 Å². The molecular weight excluding hydrogens is 251 g/mol. The van der Waals surface area contributed by atoms with E-state index in [2.05, 4.69) is 10.6 Å². The summed E-state index contributed by atoms with van der Waals surface area (Å²) in [6.07, 6.45) is 0. The Kier molecular flexibility index (Phi) is 4.17. The molecular formula is C12H13FN4O2. The number of carbonyl (C=O) groups excluding carboxylic acids is 1. The number of rotatable bonds is 4. The van der Waals surface area contributed by atoms with Crippen LogP contribution in [0.4, 0.5) is 10.1 Å². The van der Waals surface area contributed by atoms with Crippen molar-refractivity contribution in [2.75, 3.05) is 12.1 Å². The van der Waals surface area contributed by atoms with E-state index in [1.54, 1.807) is 0 Å². The monoisotopic (exact) mass is 264 g/mol. The first-order chi connectivity index (χ1) is 8.87. The van der Waals surface area contributed by atoms with Gasteiger partial charge in [-0.2, -0.15) is 5.26 Å². The molecule has 0 fully saturated rings. The molecule has 1 N–H and O–H groups in total. The van der Waals surface area contributed by atoms with Crippen LogP contribution in [0.5, 0.6) is 0 Å². The molecule has 6 nitrogen and oxygen atoms in total. The minimum absolute atomic E-state index is 0.103. The zero-order valence-electron chi connectivity index (χ0n) is 10.8. The van der Waals surface area contributed by atoms with Crippen molar-refractivity contribution in [1.82, 2.24) is 5.32 Å². The molecule has 1 aromatic carbocycles. The van der Waals surface area contributed by atoms with Gasteiger partial charge in [0.1, 0.15) is 11.4 Å². The fourth-order valence-corrected chi connectivity index (χ4v) is 1.47. The molecule has 0 bridgehead atoms. The van der Waals surface area contributed by atoms with Crippen LogP contribution in [0.25, 0.3) is 0 Å². The second-order valence-electron chi connectivity index (χ2n) is 4.31. The maximum atomic E-state index is 13.8. The van der Waals surface area contributed by atoms with E-state index in [0.717, 1.165) is 11.1 Å². The molecule has 0 spiro atoms. The summed E-state index contributed by atoms with van der Waals surface area (Å²) < 4.78 is 13.8. The Morgan fingerprint density at radius 3 is 2.58 bits per heavy atom. The van der Waals surface area contributed by atoms with Gasteiger partial charge in [-0.15, -0.1) is 4.91 Å². The smallest absolute Gasteiger partial charge is 0.253 e. The van der Waals surface area contributed by atoms with Crippen molar-refractivity contribution in [3.8, 4) is 6.07 Å². The van der Waals surface area contributed by atoms with Gasteiger partial charge in [0, 0.05) is 13.1 Å². The number of nitrogens with zero attached hydrogens (tertiary/aromatic N) is 3.